The molecule has 2 rings (SSSR count). The number of carboxylic acids is 1. The lowest BCUT2D eigenvalue weighted by molar-refractivity contribution is 0.0695. The Labute approximate surface area is 116 Å². The first-order chi connectivity index (χ1) is 9.51. The summed E-state index contributed by atoms with van der Waals surface area (Å²) in [6.07, 6.45) is 3.67. The van der Waals surface area contributed by atoms with Crippen molar-refractivity contribution in [1.29, 1.82) is 0 Å². The van der Waals surface area contributed by atoms with Gasteiger partial charge in [-0.15, -0.1) is 0 Å². The standard InChI is InChI=1S/C14H19N3O3/c1-2-11(17-6-5-9(15)8-17)7-10-3-4-12(14(19)20)13(18)16-10/h3-4,7,9H,2,5-6,8,15H2,1H3,(H,16,18)(H,19,20)/b11-7+. The first-order valence-corrected chi connectivity index (χ1v) is 6.69. The fourth-order valence-corrected chi connectivity index (χ4v) is 2.39. The van der Waals surface area contributed by atoms with Crippen molar-refractivity contribution in [1.82, 2.24) is 9.88 Å². The van der Waals surface area contributed by atoms with Gasteiger partial charge in [0, 0.05) is 30.5 Å². The molecular weight excluding hydrogens is 258 g/mol. The molecule has 0 spiro atoms. The molecule has 0 aromatic carbocycles. The largest absolute Gasteiger partial charge is 0.477 e. The molecule has 0 aliphatic carbocycles. The van der Waals surface area contributed by atoms with Crippen LogP contribution in [0.3, 0.4) is 0 Å². The van der Waals surface area contributed by atoms with Gasteiger partial charge in [-0.3, -0.25) is 4.79 Å². The molecule has 0 saturated carbocycles. The second-order valence-corrected chi connectivity index (χ2v) is 4.95. The Morgan fingerprint density at radius 2 is 2.35 bits per heavy atom. The maximum atomic E-state index is 11.6. The molecule has 20 heavy (non-hydrogen) atoms. The number of aromatic carboxylic acids is 1. The van der Waals surface area contributed by atoms with Crippen LogP contribution in [-0.2, 0) is 0 Å². The van der Waals surface area contributed by atoms with E-state index in [-0.39, 0.29) is 11.6 Å². The molecule has 0 bridgehead atoms. The lowest BCUT2D eigenvalue weighted by Crippen LogP contribution is -2.26. The summed E-state index contributed by atoms with van der Waals surface area (Å²) in [5, 5.41) is 8.83. The zero-order valence-corrected chi connectivity index (χ0v) is 11.4. The Morgan fingerprint density at radius 3 is 2.85 bits per heavy atom. The third-order valence-corrected chi connectivity index (χ3v) is 3.48. The molecule has 0 radical (unpaired) electrons. The highest BCUT2D eigenvalue weighted by atomic mass is 16.4. The molecule has 6 heteroatoms. The predicted octanol–water partition coefficient (Wildman–Crippen LogP) is 0.857. The summed E-state index contributed by atoms with van der Waals surface area (Å²) < 4.78 is 0. The fourth-order valence-electron chi connectivity index (χ4n) is 2.39. The Bertz CT molecular complexity index is 592. The fraction of sp³-hybridized carbons (Fsp3) is 0.429. The number of nitrogens with one attached hydrogen (secondary N) is 1. The summed E-state index contributed by atoms with van der Waals surface area (Å²) >= 11 is 0. The molecule has 1 unspecified atom stereocenters. The van der Waals surface area contributed by atoms with Gasteiger partial charge in [-0.2, -0.15) is 0 Å². The number of hydrogen-bond donors (Lipinski definition) is 3. The van der Waals surface area contributed by atoms with Crippen molar-refractivity contribution in [2.75, 3.05) is 13.1 Å². The van der Waals surface area contributed by atoms with E-state index in [1.54, 1.807) is 6.07 Å². The van der Waals surface area contributed by atoms with Crippen molar-refractivity contribution in [3.63, 3.8) is 0 Å². The number of carbonyl (C=O) groups is 1. The Hall–Kier alpha value is -2.08. The SMILES string of the molecule is CC/C(=C\c1ccc(C(=O)O)c(=O)[nH]1)N1CCC(N)C1. The van der Waals surface area contributed by atoms with E-state index in [4.69, 9.17) is 10.8 Å². The zero-order chi connectivity index (χ0) is 14.7. The summed E-state index contributed by atoms with van der Waals surface area (Å²) in [4.78, 5) is 27.2. The van der Waals surface area contributed by atoms with Gasteiger partial charge >= 0.3 is 5.97 Å². The van der Waals surface area contributed by atoms with Crippen molar-refractivity contribution in [3.05, 3.63) is 39.4 Å². The van der Waals surface area contributed by atoms with Crippen molar-refractivity contribution >= 4 is 12.0 Å². The first kappa shape index (κ1) is 14.3. The van der Waals surface area contributed by atoms with Crippen LogP contribution in [0.5, 0.6) is 0 Å². The number of nitrogens with two attached hydrogens (primary N) is 1. The molecule has 2 heterocycles. The highest BCUT2D eigenvalue weighted by Gasteiger charge is 2.20. The molecule has 1 aromatic heterocycles. The number of likely N-dealkylation sites (tertiary alicyclic amines) is 1. The van der Waals surface area contributed by atoms with Crippen LogP contribution in [0.2, 0.25) is 0 Å². The van der Waals surface area contributed by atoms with E-state index in [0.29, 0.717) is 5.69 Å². The van der Waals surface area contributed by atoms with Gasteiger partial charge in [0.25, 0.3) is 5.56 Å². The van der Waals surface area contributed by atoms with Gasteiger partial charge in [0.2, 0.25) is 0 Å². The third kappa shape index (κ3) is 3.08. The predicted molar refractivity (Wildman–Crippen MR) is 76.5 cm³/mol. The van der Waals surface area contributed by atoms with Crippen molar-refractivity contribution in [3.8, 4) is 0 Å². The maximum Gasteiger partial charge on any atom is 0.341 e. The quantitative estimate of drug-likeness (QED) is 0.758. The number of pyridine rings is 1. The minimum Gasteiger partial charge on any atom is -0.477 e. The van der Waals surface area contributed by atoms with E-state index in [1.807, 2.05) is 13.0 Å². The first-order valence-electron chi connectivity index (χ1n) is 6.69. The summed E-state index contributed by atoms with van der Waals surface area (Å²) in [6, 6.07) is 3.13. The van der Waals surface area contributed by atoms with Crippen LogP contribution in [0.15, 0.2) is 22.6 Å². The number of rotatable bonds is 4. The van der Waals surface area contributed by atoms with E-state index in [2.05, 4.69) is 9.88 Å². The van der Waals surface area contributed by atoms with Gasteiger partial charge in [-0.05, 0) is 31.1 Å². The van der Waals surface area contributed by atoms with E-state index in [1.165, 1.54) is 6.07 Å². The van der Waals surface area contributed by atoms with E-state index in [9.17, 15) is 9.59 Å². The van der Waals surface area contributed by atoms with Crippen LogP contribution in [0.1, 0.15) is 35.8 Å². The van der Waals surface area contributed by atoms with Gasteiger partial charge < -0.3 is 20.7 Å². The number of H-pyrrole nitrogens is 1. The molecular formula is C14H19N3O3. The molecule has 1 aliphatic rings. The normalized spacial score (nSPS) is 19.4. The summed E-state index contributed by atoms with van der Waals surface area (Å²) in [5.74, 6) is -1.22. The third-order valence-electron chi connectivity index (χ3n) is 3.48. The van der Waals surface area contributed by atoms with Crippen molar-refractivity contribution < 1.29 is 9.90 Å². The number of hydrogen-bond acceptors (Lipinski definition) is 4. The number of aromatic nitrogens is 1. The molecule has 1 aromatic rings. The number of carboxylic acid groups (broad SMARTS) is 1. The minimum atomic E-state index is -1.22. The molecule has 1 atom stereocenters. The average Bonchev–Trinajstić information content (AvgIpc) is 2.82. The molecule has 6 nitrogen and oxygen atoms in total. The van der Waals surface area contributed by atoms with Crippen molar-refractivity contribution in [2.45, 2.75) is 25.8 Å². The second kappa shape index (κ2) is 5.92. The van der Waals surface area contributed by atoms with E-state index in [0.717, 1.165) is 31.6 Å². The Morgan fingerprint density at radius 1 is 1.60 bits per heavy atom. The van der Waals surface area contributed by atoms with Crippen LogP contribution in [0.25, 0.3) is 6.08 Å². The maximum absolute atomic E-state index is 11.6. The lowest BCUT2D eigenvalue weighted by Gasteiger charge is -2.21. The van der Waals surface area contributed by atoms with Crippen molar-refractivity contribution in [2.24, 2.45) is 5.73 Å². The average molecular weight is 277 g/mol. The Balaban J connectivity index is 2.26. The molecule has 1 saturated heterocycles. The number of allylic oxidation sites excluding steroid dienone is 1. The van der Waals surface area contributed by atoms with Gasteiger partial charge in [0.15, 0.2) is 0 Å². The molecule has 108 valence electrons. The van der Waals surface area contributed by atoms with Gasteiger partial charge in [0.1, 0.15) is 5.56 Å². The highest BCUT2D eigenvalue weighted by Crippen LogP contribution is 2.18. The van der Waals surface area contributed by atoms with E-state index < -0.39 is 11.5 Å². The van der Waals surface area contributed by atoms with Gasteiger partial charge in [-0.1, -0.05) is 6.92 Å². The number of nitrogens with zero attached hydrogens (tertiary/aromatic N) is 1. The Kier molecular flexibility index (Phi) is 4.24. The summed E-state index contributed by atoms with van der Waals surface area (Å²) in [6.45, 7) is 3.77. The van der Waals surface area contributed by atoms with Crippen LogP contribution < -0.4 is 11.3 Å². The molecule has 4 N–H and O–H groups in total. The lowest BCUT2D eigenvalue weighted by atomic mass is 10.2. The smallest absolute Gasteiger partial charge is 0.341 e. The van der Waals surface area contributed by atoms with Gasteiger partial charge in [-0.25, -0.2) is 4.79 Å². The summed E-state index contributed by atoms with van der Waals surface area (Å²) in [5.41, 5.74) is 6.77. The van der Waals surface area contributed by atoms with Crippen LogP contribution in [-0.4, -0.2) is 40.1 Å². The zero-order valence-electron chi connectivity index (χ0n) is 11.4. The summed E-state index contributed by atoms with van der Waals surface area (Å²) in [7, 11) is 0. The van der Waals surface area contributed by atoms with Crippen LogP contribution in [0, 0.1) is 0 Å². The highest BCUT2D eigenvalue weighted by molar-refractivity contribution is 5.87. The van der Waals surface area contributed by atoms with E-state index >= 15 is 0 Å². The monoisotopic (exact) mass is 277 g/mol. The van der Waals surface area contributed by atoms with Crippen LogP contribution in [0.4, 0.5) is 0 Å². The molecule has 1 fully saturated rings. The van der Waals surface area contributed by atoms with Crippen LogP contribution >= 0.6 is 0 Å². The topological polar surface area (TPSA) is 99.4 Å². The molecule has 1 aliphatic heterocycles. The van der Waals surface area contributed by atoms with Gasteiger partial charge in [0.05, 0.1) is 0 Å². The minimum absolute atomic E-state index is 0.193. The molecule has 0 amide bonds. The second-order valence-electron chi connectivity index (χ2n) is 4.95. The number of aromatic amines is 1.